The van der Waals surface area contributed by atoms with E-state index in [0.29, 0.717) is 12.1 Å². The summed E-state index contributed by atoms with van der Waals surface area (Å²) in [7, 11) is 1.86. The summed E-state index contributed by atoms with van der Waals surface area (Å²) in [6.45, 7) is 2.80. The molecule has 1 aliphatic heterocycles. The van der Waals surface area contributed by atoms with E-state index in [4.69, 9.17) is 4.42 Å². The SMILES string of the molecule is CNc1c(CN2CCCCC2)c(=O)oc2ccccc12. The molecule has 0 saturated carbocycles. The van der Waals surface area contributed by atoms with E-state index in [1.165, 1.54) is 19.3 Å². The number of hydrogen-bond donors (Lipinski definition) is 1. The van der Waals surface area contributed by atoms with E-state index in [-0.39, 0.29) is 5.63 Å². The van der Waals surface area contributed by atoms with Crippen LogP contribution in [0.1, 0.15) is 24.8 Å². The number of likely N-dealkylation sites (tertiary alicyclic amines) is 1. The van der Waals surface area contributed by atoms with Crippen LogP contribution in [0.15, 0.2) is 33.5 Å². The van der Waals surface area contributed by atoms with Crippen molar-refractivity contribution in [3.8, 4) is 0 Å². The molecular formula is C16H20N2O2. The summed E-state index contributed by atoms with van der Waals surface area (Å²) in [5.41, 5.74) is 2.07. The maximum Gasteiger partial charge on any atom is 0.342 e. The zero-order valence-corrected chi connectivity index (χ0v) is 11.8. The molecule has 3 rings (SSSR count). The Hall–Kier alpha value is -1.81. The molecule has 1 N–H and O–H groups in total. The number of piperidine rings is 1. The van der Waals surface area contributed by atoms with Gasteiger partial charge in [-0.2, -0.15) is 0 Å². The van der Waals surface area contributed by atoms with E-state index in [0.717, 1.165) is 29.7 Å². The highest BCUT2D eigenvalue weighted by molar-refractivity contribution is 5.91. The smallest absolute Gasteiger partial charge is 0.342 e. The molecule has 4 heteroatoms. The second kappa shape index (κ2) is 5.67. The van der Waals surface area contributed by atoms with Crippen molar-refractivity contribution in [1.29, 1.82) is 0 Å². The van der Waals surface area contributed by atoms with Gasteiger partial charge in [-0.1, -0.05) is 18.6 Å². The zero-order chi connectivity index (χ0) is 13.9. The van der Waals surface area contributed by atoms with Crippen molar-refractivity contribution < 1.29 is 4.42 Å². The van der Waals surface area contributed by atoms with Gasteiger partial charge >= 0.3 is 5.63 Å². The number of nitrogens with one attached hydrogen (secondary N) is 1. The second-order valence-electron chi connectivity index (χ2n) is 5.33. The van der Waals surface area contributed by atoms with Crippen LogP contribution in [-0.4, -0.2) is 25.0 Å². The minimum absolute atomic E-state index is 0.223. The molecule has 0 radical (unpaired) electrons. The van der Waals surface area contributed by atoms with Crippen LogP contribution in [0.4, 0.5) is 5.69 Å². The number of nitrogens with zero attached hydrogens (tertiary/aromatic N) is 1. The predicted molar refractivity (Wildman–Crippen MR) is 81.2 cm³/mol. The molecule has 1 saturated heterocycles. The van der Waals surface area contributed by atoms with Crippen LogP contribution in [0.25, 0.3) is 11.0 Å². The van der Waals surface area contributed by atoms with E-state index < -0.39 is 0 Å². The van der Waals surface area contributed by atoms with Gasteiger partial charge in [0.25, 0.3) is 0 Å². The molecule has 0 unspecified atom stereocenters. The summed E-state index contributed by atoms with van der Waals surface area (Å²) in [5.74, 6) is 0. The summed E-state index contributed by atoms with van der Waals surface area (Å²) in [6.07, 6.45) is 3.73. The topological polar surface area (TPSA) is 45.5 Å². The van der Waals surface area contributed by atoms with Gasteiger partial charge in [-0.15, -0.1) is 0 Å². The molecule has 20 heavy (non-hydrogen) atoms. The summed E-state index contributed by atoms with van der Waals surface area (Å²) in [6, 6.07) is 7.68. The maximum atomic E-state index is 12.3. The summed E-state index contributed by atoms with van der Waals surface area (Å²) < 4.78 is 5.45. The number of benzene rings is 1. The van der Waals surface area contributed by atoms with E-state index in [2.05, 4.69) is 10.2 Å². The Morgan fingerprint density at radius 2 is 1.95 bits per heavy atom. The quantitative estimate of drug-likeness (QED) is 0.873. The molecule has 0 atom stereocenters. The number of rotatable bonds is 3. The fourth-order valence-corrected chi connectivity index (χ4v) is 2.96. The first kappa shape index (κ1) is 13.2. The third kappa shape index (κ3) is 2.43. The molecule has 2 heterocycles. The highest BCUT2D eigenvalue weighted by atomic mass is 16.4. The van der Waals surface area contributed by atoms with Crippen LogP contribution in [0, 0.1) is 0 Å². The van der Waals surface area contributed by atoms with Crippen LogP contribution in [-0.2, 0) is 6.54 Å². The van der Waals surface area contributed by atoms with Crippen molar-refractivity contribution in [1.82, 2.24) is 4.90 Å². The normalized spacial score (nSPS) is 16.4. The lowest BCUT2D eigenvalue weighted by Crippen LogP contribution is -2.31. The molecule has 1 aromatic carbocycles. The van der Waals surface area contributed by atoms with Gasteiger partial charge in [-0.25, -0.2) is 4.79 Å². The molecule has 106 valence electrons. The maximum absolute atomic E-state index is 12.3. The Bertz CT molecular complexity index is 657. The molecule has 0 spiro atoms. The van der Waals surface area contributed by atoms with Crippen molar-refractivity contribution in [2.24, 2.45) is 0 Å². The van der Waals surface area contributed by atoms with Crippen LogP contribution < -0.4 is 10.9 Å². The van der Waals surface area contributed by atoms with E-state index >= 15 is 0 Å². The van der Waals surface area contributed by atoms with Gasteiger partial charge < -0.3 is 9.73 Å². The number of fused-ring (bicyclic) bond motifs is 1. The molecule has 0 bridgehead atoms. The van der Waals surface area contributed by atoms with Gasteiger partial charge in [0, 0.05) is 19.0 Å². The largest absolute Gasteiger partial charge is 0.422 e. The Morgan fingerprint density at radius 1 is 1.20 bits per heavy atom. The molecule has 0 aliphatic carbocycles. The molecule has 1 aliphatic rings. The van der Waals surface area contributed by atoms with Gasteiger partial charge in [-0.3, -0.25) is 4.90 Å². The van der Waals surface area contributed by atoms with Crippen molar-refractivity contribution in [2.45, 2.75) is 25.8 Å². The van der Waals surface area contributed by atoms with Gasteiger partial charge in [-0.05, 0) is 38.1 Å². The van der Waals surface area contributed by atoms with Crippen molar-refractivity contribution in [2.75, 3.05) is 25.5 Å². The van der Waals surface area contributed by atoms with Gasteiger partial charge in [0.1, 0.15) is 5.58 Å². The molecule has 4 nitrogen and oxygen atoms in total. The first-order chi connectivity index (χ1) is 9.79. The van der Waals surface area contributed by atoms with Crippen molar-refractivity contribution in [3.63, 3.8) is 0 Å². The van der Waals surface area contributed by atoms with Crippen LogP contribution in [0.3, 0.4) is 0 Å². The fourth-order valence-electron chi connectivity index (χ4n) is 2.96. The Morgan fingerprint density at radius 3 is 2.70 bits per heavy atom. The Labute approximate surface area is 118 Å². The summed E-state index contributed by atoms with van der Waals surface area (Å²) in [4.78, 5) is 14.6. The molecule has 2 aromatic rings. The van der Waals surface area contributed by atoms with Gasteiger partial charge in [0.05, 0.1) is 11.3 Å². The van der Waals surface area contributed by atoms with E-state index in [9.17, 15) is 4.79 Å². The third-order valence-electron chi connectivity index (χ3n) is 3.99. The highest BCUT2D eigenvalue weighted by Gasteiger charge is 2.18. The second-order valence-corrected chi connectivity index (χ2v) is 5.33. The van der Waals surface area contributed by atoms with Crippen LogP contribution >= 0.6 is 0 Å². The van der Waals surface area contributed by atoms with Crippen molar-refractivity contribution in [3.05, 3.63) is 40.2 Å². The fraction of sp³-hybridized carbons (Fsp3) is 0.438. The predicted octanol–water partition coefficient (Wildman–Crippen LogP) is 2.82. The minimum atomic E-state index is -0.223. The minimum Gasteiger partial charge on any atom is -0.422 e. The van der Waals surface area contributed by atoms with Gasteiger partial charge in [0.15, 0.2) is 0 Å². The molecule has 0 amide bonds. The first-order valence-electron chi connectivity index (χ1n) is 7.24. The summed E-state index contributed by atoms with van der Waals surface area (Å²) >= 11 is 0. The zero-order valence-electron chi connectivity index (χ0n) is 11.8. The Kier molecular flexibility index (Phi) is 3.74. The highest BCUT2D eigenvalue weighted by Crippen LogP contribution is 2.26. The summed E-state index contributed by atoms with van der Waals surface area (Å²) in [5, 5.41) is 4.16. The standard InChI is InChI=1S/C16H20N2O2/c1-17-15-12-7-3-4-8-14(12)20-16(19)13(15)11-18-9-5-2-6-10-18/h3-4,7-8,17H,2,5-6,9-11H2,1H3. The monoisotopic (exact) mass is 272 g/mol. The molecular weight excluding hydrogens is 252 g/mol. The third-order valence-corrected chi connectivity index (χ3v) is 3.99. The number of para-hydroxylation sites is 1. The van der Waals surface area contributed by atoms with E-state index in [1.54, 1.807) is 0 Å². The molecule has 1 aromatic heterocycles. The lowest BCUT2D eigenvalue weighted by atomic mass is 10.1. The number of anilines is 1. The average molecular weight is 272 g/mol. The lowest BCUT2D eigenvalue weighted by molar-refractivity contribution is 0.219. The Balaban J connectivity index is 2.04. The van der Waals surface area contributed by atoms with E-state index in [1.807, 2.05) is 31.3 Å². The lowest BCUT2D eigenvalue weighted by Gasteiger charge is -2.26. The van der Waals surface area contributed by atoms with Crippen molar-refractivity contribution >= 4 is 16.7 Å². The first-order valence-corrected chi connectivity index (χ1v) is 7.24. The molecule has 1 fully saturated rings. The number of hydrogen-bond acceptors (Lipinski definition) is 4. The van der Waals surface area contributed by atoms with Gasteiger partial charge in [0.2, 0.25) is 0 Å². The van der Waals surface area contributed by atoms with Crippen LogP contribution in [0.5, 0.6) is 0 Å². The van der Waals surface area contributed by atoms with Crippen LogP contribution in [0.2, 0.25) is 0 Å². The average Bonchev–Trinajstić information content (AvgIpc) is 2.49.